The van der Waals surface area contributed by atoms with E-state index in [-0.39, 0.29) is 0 Å². The molecule has 0 aliphatic rings. The van der Waals surface area contributed by atoms with Crippen molar-refractivity contribution in [2.75, 3.05) is 45.8 Å². The van der Waals surface area contributed by atoms with Gasteiger partial charge in [-0.15, -0.1) is 0 Å². The van der Waals surface area contributed by atoms with Gasteiger partial charge in [-0.1, -0.05) is 87.0 Å². The lowest BCUT2D eigenvalue weighted by atomic mass is 10.3. The van der Waals surface area contributed by atoms with Crippen LogP contribution in [0.4, 0.5) is 0 Å². The normalized spacial score (nSPS) is 12.6. The Labute approximate surface area is 198 Å². The van der Waals surface area contributed by atoms with Crippen LogP contribution in [0.1, 0.15) is 126 Å². The molecule has 0 rings (SSSR count). The summed E-state index contributed by atoms with van der Waals surface area (Å²) in [7, 11) is -2.16. The highest BCUT2D eigenvalue weighted by molar-refractivity contribution is 6.69. The molecule has 0 aromatic carbocycles. The molecule has 0 saturated carbocycles. The topological polar surface area (TPSA) is 21.8 Å². The fourth-order valence-electron chi connectivity index (χ4n) is 4.54. The fraction of sp³-hybridized carbons (Fsp3) is 1.00. The Morgan fingerprint density at radius 2 is 0.645 bits per heavy atom. The first-order valence-corrected chi connectivity index (χ1v) is 16.0. The van der Waals surface area contributed by atoms with E-state index in [2.05, 4.69) is 67.1 Å². The molecule has 0 amide bonds. The maximum Gasteiger partial charge on any atom is 0.374 e. The van der Waals surface area contributed by atoms with Gasteiger partial charge in [0, 0.05) is 0 Å². The lowest BCUT2D eigenvalue weighted by Crippen LogP contribution is -2.83. The lowest BCUT2D eigenvalue weighted by molar-refractivity contribution is 0.211. The minimum Gasteiger partial charge on any atom is -0.301 e. The van der Waals surface area contributed by atoms with Gasteiger partial charge in [-0.25, -0.2) is 0 Å². The maximum atomic E-state index is 4.27. The highest BCUT2D eigenvalue weighted by Gasteiger charge is 2.50. The van der Waals surface area contributed by atoms with E-state index >= 15 is 0 Å². The van der Waals surface area contributed by atoms with Crippen molar-refractivity contribution >= 4 is 8.72 Å². The van der Waals surface area contributed by atoms with E-state index in [4.69, 9.17) is 0 Å². The largest absolute Gasteiger partial charge is 0.374 e. The van der Waals surface area contributed by atoms with Crippen molar-refractivity contribution in [3.8, 4) is 0 Å². The number of hydrogen-bond donors (Lipinski definition) is 1. The smallest absolute Gasteiger partial charge is 0.301 e. The summed E-state index contributed by atoms with van der Waals surface area (Å²) < 4.78 is 8.96. The summed E-state index contributed by atoms with van der Waals surface area (Å²) in [5, 5.41) is 0. The summed E-state index contributed by atoms with van der Waals surface area (Å²) in [6.07, 6.45) is 15.6. The quantitative estimate of drug-likeness (QED) is 0.172. The number of hydrogen-bond acceptors (Lipinski definition) is 4. The molecule has 188 valence electrons. The van der Waals surface area contributed by atoms with Gasteiger partial charge in [-0.2, -0.15) is 0 Å². The highest BCUT2D eigenvalue weighted by Crippen LogP contribution is 2.23. The van der Waals surface area contributed by atoms with Crippen LogP contribution >= 0.6 is 0 Å². The van der Waals surface area contributed by atoms with Crippen molar-refractivity contribution in [3.05, 3.63) is 0 Å². The van der Waals surface area contributed by atoms with Crippen LogP contribution in [0.2, 0.25) is 0 Å². The Morgan fingerprint density at radius 1 is 0.419 bits per heavy atom. The second-order valence-electron chi connectivity index (χ2n) is 9.25. The van der Waals surface area contributed by atoms with Crippen molar-refractivity contribution in [1.29, 1.82) is 0 Å². The van der Waals surface area contributed by atoms with Crippen LogP contribution in [-0.2, 0) is 0 Å². The van der Waals surface area contributed by atoms with Crippen LogP contribution in [-0.4, -0.2) is 68.2 Å². The van der Waals surface area contributed by atoms with Crippen LogP contribution in [0, 0.1) is 0 Å². The molecule has 0 aliphatic heterocycles. The van der Waals surface area contributed by atoms with Crippen molar-refractivity contribution < 1.29 is 0 Å². The third kappa shape index (κ3) is 11.2. The zero-order chi connectivity index (χ0) is 23.4. The average molecular weight is 457 g/mol. The summed E-state index contributed by atoms with van der Waals surface area (Å²) in [5.41, 5.74) is 0. The highest BCUT2D eigenvalue weighted by atomic mass is 28.4. The predicted octanol–water partition coefficient (Wildman–Crippen LogP) is 6.74. The predicted molar refractivity (Wildman–Crippen MR) is 144 cm³/mol. The van der Waals surface area contributed by atoms with Crippen LogP contribution in [0.5, 0.6) is 0 Å². The minimum absolute atomic E-state index is 1.07. The molecule has 5 heteroatoms. The monoisotopic (exact) mass is 456 g/mol. The number of rotatable bonds is 23. The molecule has 0 spiro atoms. The SMILES string of the molecule is CCCCN(CCCC)[Si](NCC)(N(CCCC)CCCC)N(CCCC)CCCC. The Balaban J connectivity index is 6.43. The first-order valence-electron chi connectivity index (χ1n) is 14.1. The summed E-state index contributed by atoms with van der Waals surface area (Å²) >= 11 is 0. The summed E-state index contributed by atoms with van der Waals surface area (Å²) in [6, 6.07) is 0. The molecule has 0 aromatic heterocycles. The zero-order valence-corrected chi connectivity index (χ0v) is 23.8. The molecule has 31 heavy (non-hydrogen) atoms. The van der Waals surface area contributed by atoms with Gasteiger partial charge in [0.05, 0.1) is 0 Å². The van der Waals surface area contributed by atoms with Gasteiger partial charge in [0.15, 0.2) is 0 Å². The molecular weight excluding hydrogens is 396 g/mol. The standard InChI is InChI=1S/C26H60N4Si/c1-8-15-21-28(22-16-9-2)31(27-14-7,29(23-17-10-3)24-18-11-4)30(25-19-12-5)26-20-13-6/h27H,8-26H2,1-7H3. The summed E-state index contributed by atoms with van der Waals surface area (Å²) in [5.74, 6) is 0. The molecule has 0 unspecified atom stereocenters. The number of unbranched alkanes of at least 4 members (excludes halogenated alkanes) is 6. The van der Waals surface area contributed by atoms with Crippen LogP contribution in [0.15, 0.2) is 0 Å². The molecule has 0 atom stereocenters. The number of nitrogens with one attached hydrogen (secondary N) is 1. The van der Waals surface area contributed by atoms with Gasteiger partial charge >= 0.3 is 8.72 Å². The molecule has 0 bridgehead atoms. The first kappa shape index (κ1) is 31.1. The molecule has 0 radical (unpaired) electrons. The van der Waals surface area contributed by atoms with E-state index in [1.54, 1.807) is 0 Å². The molecule has 0 fully saturated rings. The Hall–Kier alpha value is 0.0569. The Kier molecular flexibility index (Phi) is 20.7. The van der Waals surface area contributed by atoms with E-state index in [1.807, 2.05) is 0 Å². The first-order chi connectivity index (χ1) is 15.1. The van der Waals surface area contributed by atoms with Gasteiger partial charge < -0.3 is 4.98 Å². The Morgan fingerprint density at radius 3 is 0.806 bits per heavy atom. The maximum absolute atomic E-state index is 4.27. The van der Waals surface area contributed by atoms with Crippen molar-refractivity contribution in [2.45, 2.75) is 126 Å². The van der Waals surface area contributed by atoms with Gasteiger partial charge in [0.2, 0.25) is 0 Å². The molecule has 0 saturated heterocycles. The summed E-state index contributed by atoms with van der Waals surface area (Å²) in [6.45, 7) is 25.0. The van der Waals surface area contributed by atoms with Crippen LogP contribution < -0.4 is 4.98 Å². The van der Waals surface area contributed by atoms with E-state index in [1.165, 1.54) is 116 Å². The molecule has 1 N–H and O–H groups in total. The lowest BCUT2D eigenvalue weighted by Gasteiger charge is -2.54. The van der Waals surface area contributed by atoms with Crippen LogP contribution in [0.3, 0.4) is 0 Å². The minimum atomic E-state index is -2.16. The van der Waals surface area contributed by atoms with E-state index in [0.717, 1.165) is 6.54 Å². The van der Waals surface area contributed by atoms with Gasteiger partial charge in [-0.3, -0.25) is 13.7 Å². The average Bonchev–Trinajstić information content (AvgIpc) is 2.78. The van der Waals surface area contributed by atoms with E-state index in [0.29, 0.717) is 0 Å². The van der Waals surface area contributed by atoms with Crippen LogP contribution in [0.25, 0.3) is 0 Å². The number of nitrogens with zero attached hydrogens (tertiary/aromatic N) is 3. The summed E-state index contributed by atoms with van der Waals surface area (Å²) in [4.78, 5) is 4.27. The second-order valence-corrected chi connectivity index (χ2v) is 12.8. The van der Waals surface area contributed by atoms with Gasteiger partial charge in [-0.05, 0) is 84.3 Å². The van der Waals surface area contributed by atoms with Crippen molar-refractivity contribution in [2.24, 2.45) is 0 Å². The van der Waals surface area contributed by atoms with E-state index < -0.39 is 8.72 Å². The molecule has 0 aliphatic carbocycles. The second kappa shape index (κ2) is 20.6. The third-order valence-corrected chi connectivity index (χ3v) is 11.2. The third-order valence-electron chi connectivity index (χ3n) is 6.43. The van der Waals surface area contributed by atoms with E-state index in [9.17, 15) is 0 Å². The van der Waals surface area contributed by atoms with Crippen molar-refractivity contribution in [1.82, 2.24) is 18.7 Å². The van der Waals surface area contributed by atoms with Gasteiger partial charge in [0.1, 0.15) is 0 Å². The molecule has 0 heterocycles. The Bertz CT molecular complexity index is 306. The fourth-order valence-corrected chi connectivity index (χ4v) is 9.70. The molecular formula is C26H60N4Si. The zero-order valence-electron chi connectivity index (χ0n) is 22.8. The van der Waals surface area contributed by atoms with Crippen molar-refractivity contribution in [3.63, 3.8) is 0 Å². The molecule has 0 aromatic rings. The molecule has 4 nitrogen and oxygen atoms in total. The van der Waals surface area contributed by atoms with Gasteiger partial charge in [0.25, 0.3) is 0 Å².